The fourth-order valence-electron chi connectivity index (χ4n) is 3.05. The minimum atomic E-state index is -1.04. The van der Waals surface area contributed by atoms with Crippen LogP contribution in [0.5, 0.6) is 0 Å². The van der Waals surface area contributed by atoms with Gasteiger partial charge in [0.15, 0.2) is 0 Å². The van der Waals surface area contributed by atoms with E-state index in [0.717, 1.165) is 13.1 Å². The summed E-state index contributed by atoms with van der Waals surface area (Å²) in [4.78, 5) is 2.09. The molecule has 0 radical (unpaired) electrons. The summed E-state index contributed by atoms with van der Waals surface area (Å²) in [6.45, 7) is 9.53. The number of benzene rings is 1. The molecule has 2 aliphatic heterocycles. The SMILES string of the molecule is CC1(C)OB(C(F)=C(CN2CC(N)C2)c2ccccc2Cl)OC1(C)C. The number of halogens is 2. The van der Waals surface area contributed by atoms with Gasteiger partial charge in [-0.2, -0.15) is 0 Å². The molecule has 0 atom stereocenters. The zero-order valence-electron chi connectivity index (χ0n) is 15.2. The van der Waals surface area contributed by atoms with E-state index in [0.29, 0.717) is 22.7 Å². The van der Waals surface area contributed by atoms with Crippen LogP contribution in [0.1, 0.15) is 33.3 Å². The molecule has 4 nitrogen and oxygen atoms in total. The van der Waals surface area contributed by atoms with Crippen LogP contribution >= 0.6 is 11.6 Å². The predicted octanol–water partition coefficient (Wildman–Crippen LogP) is 3.29. The molecule has 2 fully saturated rings. The van der Waals surface area contributed by atoms with Crippen LogP contribution in [-0.2, 0) is 9.31 Å². The van der Waals surface area contributed by atoms with Crippen molar-refractivity contribution in [1.29, 1.82) is 0 Å². The molecule has 0 saturated carbocycles. The Labute approximate surface area is 154 Å². The average molecular weight is 367 g/mol. The number of hydrogen-bond donors (Lipinski definition) is 1. The van der Waals surface area contributed by atoms with E-state index in [1.165, 1.54) is 0 Å². The van der Waals surface area contributed by atoms with Crippen LogP contribution in [0, 0.1) is 0 Å². The lowest BCUT2D eigenvalue weighted by atomic mass is 9.82. The summed E-state index contributed by atoms with van der Waals surface area (Å²) in [6.07, 6.45) is 0. The Morgan fingerprint density at radius 1 is 1.24 bits per heavy atom. The molecule has 0 bridgehead atoms. The molecule has 0 aromatic heterocycles. The van der Waals surface area contributed by atoms with Gasteiger partial charge in [-0.05, 0) is 39.3 Å². The van der Waals surface area contributed by atoms with Crippen LogP contribution in [0.3, 0.4) is 0 Å². The smallest absolute Gasteiger partial charge is 0.398 e. The summed E-state index contributed by atoms with van der Waals surface area (Å²) in [5.41, 5.74) is 5.40. The first-order valence-electron chi connectivity index (χ1n) is 8.58. The van der Waals surface area contributed by atoms with Crippen molar-refractivity contribution in [3.63, 3.8) is 0 Å². The summed E-state index contributed by atoms with van der Waals surface area (Å²) in [7, 11) is -1.04. The minimum absolute atomic E-state index is 0.146. The van der Waals surface area contributed by atoms with E-state index in [1.807, 2.05) is 45.9 Å². The lowest BCUT2D eigenvalue weighted by Gasteiger charge is -2.37. The van der Waals surface area contributed by atoms with Crippen molar-refractivity contribution in [3.05, 3.63) is 40.6 Å². The van der Waals surface area contributed by atoms with Crippen LogP contribution in [0.2, 0.25) is 5.02 Å². The molecule has 1 aromatic rings. The van der Waals surface area contributed by atoms with Gasteiger partial charge in [-0.1, -0.05) is 29.8 Å². The monoisotopic (exact) mass is 366 g/mol. The molecule has 2 saturated heterocycles. The van der Waals surface area contributed by atoms with Gasteiger partial charge in [0.25, 0.3) is 0 Å². The Bertz CT molecular complexity index is 673. The maximum absolute atomic E-state index is 15.5. The van der Waals surface area contributed by atoms with Gasteiger partial charge in [-0.15, -0.1) is 0 Å². The molecule has 0 aliphatic carbocycles. The zero-order valence-corrected chi connectivity index (χ0v) is 15.9. The summed E-state index contributed by atoms with van der Waals surface area (Å²) < 4.78 is 27.2. The van der Waals surface area contributed by atoms with Gasteiger partial charge in [-0.25, -0.2) is 4.39 Å². The first-order valence-corrected chi connectivity index (χ1v) is 8.95. The van der Waals surface area contributed by atoms with Gasteiger partial charge >= 0.3 is 7.12 Å². The molecule has 136 valence electrons. The number of rotatable bonds is 4. The van der Waals surface area contributed by atoms with Crippen LogP contribution in [0.25, 0.3) is 5.57 Å². The van der Waals surface area contributed by atoms with Gasteiger partial charge in [-0.3, -0.25) is 4.90 Å². The highest BCUT2D eigenvalue weighted by Gasteiger charge is 2.53. The predicted molar refractivity (Wildman–Crippen MR) is 100.0 cm³/mol. The van der Waals surface area contributed by atoms with Gasteiger partial charge < -0.3 is 15.0 Å². The lowest BCUT2D eigenvalue weighted by molar-refractivity contribution is 0.00578. The van der Waals surface area contributed by atoms with Crippen LogP contribution in [-0.4, -0.2) is 48.9 Å². The molecular formula is C18H25BClFN2O2. The second-order valence-corrected chi connectivity index (χ2v) is 8.26. The summed E-state index contributed by atoms with van der Waals surface area (Å²) in [5.74, 6) is 0. The van der Waals surface area contributed by atoms with Gasteiger partial charge in [0.1, 0.15) is 5.73 Å². The number of nitrogens with zero attached hydrogens (tertiary/aromatic N) is 1. The second kappa shape index (κ2) is 6.67. The molecule has 0 amide bonds. The molecule has 25 heavy (non-hydrogen) atoms. The van der Waals surface area contributed by atoms with Crippen LogP contribution in [0.15, 0.2) is 30.0 Å². The van der Waals surface area contributed by atoms with E-state index in [-0.39, 0.29) is 6.04 Å². The number of likely N-dealkylation sites (tertiary alicyclic amines) is 1. The second-order valence-electron chi connectivity index (χ2n) is 7.85. The fourth-order valence-corrected chi connectivity index (χ4v) is 3.30. The summed E-state index contributed by atoms with van der Waals surface area (Å²) in [6, 6.07) is 7.40. The maximum Gasteiger partial charge on any atom is 0.525 e. The van der Waals surface area contributed by atoms with Crippen molar-refractivity contribution in [2.45, 2.75) is 44.9 Å². The summed E-state index contributed by atoms with van der Waals surface area (Å²) in [5, 5.41) is 0.508. The highest BCUT2D eigenvalue weighted by atomic mass is 35.5. The molecule has 7 heteroatoms. The van der Waals surface area contributed by atoms with Crippen molar-refractivity contribution < 1.29 is 13.7 Å². The van der Waals surface area contributed by atoms with Crippen molar-refractivity contribution >= 4 is 24.3 Å². The molecule has 2 N–H and O–H groups in total. The van der Waals surface area contributed by atoms with E-state index in [1.54, 1.807) is 6.07 Å². The van der Waals surface area contributed by atoms with Crippen molar-refractivity contribution in [3.8, 4) is 0 Å². The first-order chi connectivity index (χ1) is 11.6. The Kier molecular flexibility index (Phi) is 5.03. The topological polar surface area (TPSA) is 47.7 Å². The molecule has 2 aliphatic rings. The van der Waals surface area contributed by atoms with E-state index in [4.69, 9.17) is 26.6 Å². The highest BCUT2D eigenvalue weighted by molar-refractivity contribution is 6.55. The van der Waals surface area contributed by atoms with Crippen molar-refractivity contribution in [2.24, 2.45) is 5.73 Å². The molecule has 2 heterocycles. The third-order valence-electron chi connectivity index (χ3n) is 5.31. The Balaban J connectivity index is 1.95. The molecule has 3 rings (SSSR count). The molecule has 1 aromatic carbocycles. The Morgan fingerprint density at radius 2 is 1.80 bits per heavy atom. The zero-order chi connectivity index (χ0) is 18.4. The molecular weight excluding hydrogens is 341 g/mol. The quantitative estimate of drug-likeness (QED) is 0.831. The van der Waals surface area contributed by atoms with E-state index >= 15 is 4.39 Å². The standard InChI is InChI=1S/C18H25BClFN2O2/c1-17(2)18(3,4)25-19(24-17)16(21)14(11-23-9-12(22)10-23)13-7-5-6-8-15(13)20/h5-8,12H,9-11,22H2,1-4H3. The van der Waals surface area contributed by atoms with E-state index < -0.39 is 24.0 Å². The van der Waals surface area contributed by atoms with Gasteiger partial charge in [0.2, 0.25) is 0 Å². The highest BCUT2D eigenvalue weighted by Crippen LogP contribution is 2.41. The summed E-state index contributed by atoms with van der Waals surface area (Å²) >= 11 is 6.33. The largest absolute Gasteiger partial charge is 0.525 e. The Morgan fingerprint density at radius 3 is 2.32 bits per heavy atom. The van der Waals surface area contributed by atoms with E-state index in [9.17, 15) is 0 Å². The normalized spacial score (nSPS) is 24.2. The number of hydrogen-bond acceptors (Lipinski definition) is 4. The third kappa shape index (κ3) is 3.64. The van der Waals surface area contributed by atoms with Crippen LogP contribution in [0.4, 0.5) is 4.39 Å². The lowest BCUT2D eigenvalue weighted by Crippen LogP contribution is -2.55. The van der Waals surface area contributed by atoms with Gasteiger partial charge in [0, 0.05) is 36.3 Å². The van der Waals surface area contributed by atoms with Gasteiger partial charge in [0.05, 0.1) is 11.2 Å². The first kappa shape index (κ1) is 18.9. The fraction of sp³-hybridized carbons (Fsp3) is 0.556. The van der Waals surface area contributed by atoms with Crippen molar-refractivity contribution in [2.75, 3.05) is 19.6 Å². The van der Waals surface area contributed by atoms with Crippen LogP contribution < -0.4 is 5.73 Å². The van der Waals surface area contributed by atoms with Crippen molar-refractivity contribution in [1.82, 2.24) is 4.90 Å². The van der Waals surface area contributed by atoms with E-state index in [2.05, 4.69) is 4.90 Å². The maximum atomic E-state index is 15.5. The Hall–Kier alpha value is -0.915. The minimum Gasteiger partial charge on any atom is -0.398 e. The third-order valence-corrected chi connectivity index (χ3v) is 5.64. The molecule has 0 unspecified atom stereocenters. The number of nitrogens with two attached hydrogens (primary N) is 1. The molecule has 0 spiro atoms. The average Bonchev–Trinajstić information content (AvgIpc) is 2.71.